The third-order valence-corrected chi connectivity index (χ3v) is 5.53. The topological polar surface area (TPSA) is 77.5 Å². The Bertz CT molecular complexity index is 560. The van der Waals surface area contributed by atoms with E-state index in [9.17, 15) is 9.90 Å². The highest BCUT2D eigenvalue weighted by molar-refractivity contribution is 5.74. The number of nitrogens with zero attached hydrogens (tertiary/aromatic N) is 2. The first kappa shape index (κ1) is 18.1. The maximum Gasteiger partial charge on any atom is 0.315 e. The van der Waals surface area contributed by atoms with E-state index in [0.29, 0.717) is 12.5 Å². The van der Waals surface area contributed by atoms with E-state index >= 15 is 0 Å². The van der Waals surface area contributed by atoms with Crippen LogP contribution in [0.2, 0.25) is 0 Å². The summed E-state index contributed by atoms with van der Waals surface area (Å²) in [5, 5.41) is 16.3. The molecular weight excluding hydrogens is 316 g/mol. The summed E-state index contributed by atoms with van der Waals surface area (Å²) in [6, 6.07) is 6.02. The highest BCUT2D eigenvalue weighted by Crippen LogP contribution is 2.28. The fourth-order valence-corrected chi connectivity index (χ4v) is 3.98. The van der Waals surface area contributed by atoms with E-state index in [1.807, 2.05) is 18.3 Å². The van der Waals surface area contributed by atoms with Gasteiger partial charge >= 0.3 is 6.03 Å². The van der Waals surface area contributed by atoms with Gasteiger partial charge in [-0.05, 0) is 37.3 Å². The number of urea groups is 1. The molecule has 25 heavy (non-hydrogen) atoms. The van der Waals surface area contributed by atoms with Crippen molar-refractivity contribution in [3.8, 4) is 0 Å². The number of aliphatic hydroxyl groups is 1. The van der Waals surface area contributed by atoms with Crippen molar-refractivity contribution in [1.29, 1.82) is 0 Å². The fourth-order valence-electron chi connectivity index (χ4n) is 3.98. The number of hydrogen-bond donors (Lipinski definition) is 3. The van der Waals surface area contributed by atoms with Crippen LogP contribution < -0.4 is 10.6 Å². The molecule has 3 N–H and O–H groups in total. The molecule has 2 amide bonds. The van der Waals surface area contributed by atoms with Gasteiger partial charge in [-0.3, -0.25) is 9.88 Å². The average Bonchev–Trinajstić information content (AvgIpc) is 3.04. The maximum absolute atomic E-state index is 12.2. The van der Waals surface area contributed by atoms with Crippen molar-refractivity contribution in [3.05, 3.63) is 30.1 Å². The third-order valence-electron chi connectivity index (χ3n) is 5.53. The highest BCUT2D eigenvalue weighted by Gasteiger charge is 2.32. The van der Waals surface area contributed by atoms with Gasteiger partial charge in [0, 0.05) is 38.4 Å². The number of piperidine rings is 1. The van der Waals surface area contributed by atoms with Crippen LogP contribution in [-0.2, 0) is 6.54 Å². The molecule has 0 spiro atoms. The number of aromatic nitrogens is 1. The van der Waals surface area contributed by atoms with Gasteiger partial charge < -0.3 is 15.7 Å². The first-order valence-electron chi connectivity index (χ1n) is 9.43. The van der Waals surface area contributed by atoms with Crippen LogP contribution in [0.25, 0.3) is 0 Å². The van der Waals surface area contributed by atoms with Crippen LogP contribution in [0, 0.1) is 5.92 Å². The zero-order valence-corrected chi connectivity index (χ0v) is 15.1. The molecule has 1 aromatic rings. The summed E-state index contributed by atoms with van der Waals surface area (Å²) in [4.78, 5) is 19.0. The minimum Gasteiger partial charge on any atom is -0.388 e. The summed E-state index contributed by atoms with van der Waals surface area (Å²) in [7, 11) is 0. The Morgan fingerprint density at radius 1 is 1.40 bits per heavy atom. The third kappa shape index (κ3) is 5.16. The fraction of sp³-hybridized carbons (Fsp3) is 0.684. The largest absolute Gasteiger partial charge is 0.388 e. The molecule has 1 aromatic heterocycles. The van der Waals surface area contributed by atoms with Gasteiger partial charge in [-0.2, -0.15) is 0 Å². The number of likely N-dealkylation sites (tertiary alicyclic amines) is 1. The van der Waals surface area contributed by atoms with E-state index in [1.165, 1.54) is 0 Å². The molecule has 1 saturated carbocycles. The Morgan fingerprint density at radius 2 is 2.20 bits per heavy atom. The number of nitrogens with one attached hydrogen (secondary N) is 2. The predicted molar refractivity (Wildman–Crippen MR) is 97.0 cm³/mol. The minimum atomic E-state index is -0.699. The van der Waals surface area contributed by atoms with Gasteiger partial charge in [-0.25, -0.2) is 4.79 Å². The molecule has 0 bridgehead atoms. The molecule has 1 aliphatic carbocycles. The lowest BCUT2D eigenvalue weighted by atomic mass is 9.94. The molecule has 2 heterocycles. The van der Waals surface area contributed by atoms with Gasteiger partial charge in [0.25, 0.3) is 0 Å². The van der Waals surface area contributed by atoms with Crippen LogP contribution in [0.15, 0.2) is 24.4 Å². The summed E-state index contributed by atoms with van der Waals surface area (Å²) < 4.78 is 0. The number of carbonyl (C=O) groups excluding carboxylic acids is 1. The number of pyridine rings is 1. The van der Waals surface area contributed by atoms with E-state index < -0.39 is 5.60 Å². The standard InChI is InChI=1S/C19H30N4O2/c1-15-12-23(13-16-6-2-5-10-20-16)11-7-17(15)22-18(24)21-14-19(25)8-3-4-9-19/h2,5-6,10,15,17,25H,3-4,7-9,11-14H2,1H3,(H2,21,22,24). The van der Waals surface area contributed by atoms with Gasteiger partial charge in [-0.1, -0.05) is 25.8 Å². The van der Waals surface area contributed by atoms with E-state index in [2.05, 4.69) is 33.5 Å². The van der Waals surface area contributed by atoms with Gasteiger partial charge in [-0.15, -0.1) is 0 Å². The molecule has 2 atom stereocenters. The van der Waals surface area contributed by atoms with Crippen molar-refractivity contribution in [2.75, 3.05) is 19.6 Å². The van der Waals surface area contributed by atoms with E-state index in [4.69, 9.17) is 0 Å². The van der Waals surface area contributed by atoms with E-state index in [1.54, 1.807) is 0 Å². The Kier molecular flexibility index (Phi) is 5.91. The van der Waals surface area contributed by atoms with Crippen molar-refractivity contribution in [1.82, 2.24) is 20.5 Å². The monoisotopic (exact) mass is 346 g/mol. The zero-order chi connectivity index (χ0) is 17.7. The van der Waals surface area contributed by atoms with Gasteiger partial charge in [0.2, 0.25) is 0 Å². The van der Waals surface area contributed by atoms with Crippen molar-refractivity contribution in [2.45, 2.75) is 57.2 Å². The van der Waals surface area contributed by atoms with Crippen LogP contribution in [0.4, 0.5) is 4.79 Å². The molecule has 0 aromatic carbocycles. The molecule has 3 rings (SSSR count). The lowest BCUT2D eigenvalue weighted by Crippen LogP contribution is -2.53. The van der Waals surface area contributed by atoms with Crippen LogP contribution in [-0.4, -0.2) is 52.3 Å². The first-order chi connectivity index (χ1) is 12.0. The summed E-state index contributed by atoms with van der Waals surface area (Å²) in [5.41, 5.74) is 0.387. The Labute approximate surface area is 150 Å². The van der Waals surface area contributed by atoms with Gasteiger partial charge in [0.1, 0.15) is 0 Å². The smallest absolute Gasteiger partial charge is 0.315 e. The lowest BCUT2D eigenvalue weighted by Gasteiger charge is -2.37. The maximum atomic E-state index is 12.2. The van der Waals surface area contributed by atoms with Gasteiger partial charge in [0.15, 0.2) is 0 Å². The second-order valence-corrected chi connectivity index (χ2v) is 7.69. The summed E-state index contributed by atoms with van der Waals surface area (Å²) in [5.74, 6) is 0.387. The van der Waals surface area contributed by atoms with Crippen molar-refractivity contribution in [2.24, 2.45) is 5.92 Å². The summed E-state index contributed by atoms with van der Waals surface area (Å²) >= 11 is 0. The highest BCUT2D eigenvalue weighted by atomic mass is 16.3. The number of amides is 2. The Morgan fingerprint density at radius 3 is 2.88 bits per heavy atom. The van der Waals surface area contributed by atoms with Crippen LogP contribution in [0.5, 0.6) is 0 Å². The van der Waals surface area contributed by atoms with Gasteiger partial charge in [0.05, 0.1) is 11.3 Å². The Balaban J connectivity index is 1.41. The van der Waals surface area contributed by atoms with Crippen molar-refractivity contribution in [3.63, 3.8) is 0 Å². The molecule has 2 aliphatic rings. The SMILES string of the molecule is CC1CN(Cc2ccccn2)CCC1NC(=O)NCC1(O)CCCC1. The predicted octanol–water partition coefficient (Wildman–Crippen LogP) is 1.90. The van der Waals surface area contributed by atoms with Crippen LogP contribution in [0.1, 0.15) is 44.7 Å². The molecular formula is C19H30N4O2. The molecule has 6 nitrogen and oxygen atoms in total. The summed E-state index contributed by atoms with van der Waals surface area (Å²) in [6.07, 6.45) is 6.43. The second kappa shape index (κ2) is 8.15. The first-order valence-corrected chi connectivity index (χ1v) is 9.43. The van der Waals surface area contributed by atoms with E-state index in [-0.39, 0.29) is 12.1 Å². The quantitative estimate of drug-likeness (QED) is 0.761. The van der Waals surface area contributed by atoms with E-state index in [0.717, 1.165) is 57.4 Å². The van der Waals surface area contributed by atoms with Crippen molar-refractivity contribution < 1.29 is 9.90 Å². The van der Waals surface area contributed by atoms with Crippen LogP contribution in [0.3, 0.4) is 0 Å². The molecule has 0 radical (unpaired) electrons. The average molecular weight is 346 g/mol. The lowest BCUT2D eigenvalue weighted by molar-refractivity contribution is 0.0496. The van der Waals surface area contributed by atoms with Crippen LogP contribution >= 0.6 is 0 Å². The molecule has 138 valence electrons. The molecule has 2 fully saturated rings. The normalized spacial score (nSPS) is 26.3. The number of rotatable bonds is 5. The number of carbonyl (C=O) groups is 1. The molecule has 1 saturated heterocycles. The Hall–Kier alpha value is -1.66. The second-order valence-electron chi connectivity index (χ2n) is 7.69. The summed E-state index contributed by atoms with van der Waals surface area (Å²) in [6.45, 7) is 5.30. The molecule has 1 aliphatic heterocycles. The zero-order valence-electron chi connectivity index (χ0n) is 15.1. The van der Waals surface area contributed by atoms with Crippen molar-refractivity contribution >= 4 is 6.03 Å². The molecule has 2 unspecified atom stereocenters. The molecule has 6 heteroatoms. The minimum absolute atomic E-state index is 0.157. The number of hydrogen-bond acceptors (Lipinski definition) is 4.